The number of fused-ring (bicyclic) bond motifs is 2. The number of Topliss-reactive ketones (excluding diaryl/α,β-unsaturated/α-hetero) is 1. The van der Waals surface area contributed by atoms with Crippen LogP contribution in [0.3, 0.4) is 0 Å². The predicted octanol–water partition coefficient (Wildman–Crippen LogP) is 4.06. The molecule has 0 spiro atoms. The van der Waals surface area contributed by atoms with Crippen molar-refractivity contribution in [1.29, 1.82) is 0 Å². The lowest BCUT2D eigenvalue weighted by Crippen LogP contribution is -2.18. The van der Waals surface area contributed by atoms with Crippen molar-refractivity contribution in [2.75, 3.05) is 0 Å². The third kappa shape index (κ3) is 2.51. The molecule has 1 heterocycles. The van der Waals surface area contributed by atoms with Crippen molar-refractivity contribution in [3.63, 3.8) is 0 Å². The molecule has 2 aliphatic rings. The van der Waals surface area contributed by atoms with Crippen molar-refractivity contribution < 1.29 is 4.79 Å². The molecule has 0 N–H and O–H groups in total. The van der Waals surface area contributed by atoms with Crippen LogP contribution in [0.1, 0.15) is 55.9 Å². The summed E-state index contributed by atoms with van der Waals surface area (Å²) in [5.74, 6) is 2.63. The molecule has 4 heteroatoms. The van der Waals surface area contributed by atoms with Crippen LogP contribution < -0.4 is 0 Å². The molecule has 3 atom stereocenters. The van der Waals surface area contributed by atoms with E-state index in [0.717, 1.165) is 41.4 Å². The van der Waals surface area contributed by atoms with E-state index < -0.39 is 0 Å². The average Bonchev–Trinajstić information content (AvgIpc) is 3.05. The summed E-state index contributed by atoms with van der Waals surface area (Å²) in [5.41, 5.74) is 0.782. The average molecular weight is 325 g/mol. The first kappa shape index (κ1) is 13.3. The highest BCUT2D eigenvalue weighted by atomic mass is 79.9. The fraction of sp³-hybridized carbons (Fsp3) is 0.733. The summed E-state index contributed by atoms with van der Waals surface area (Å²) in [7, 11) is 0. The van der Waals surface area contributed by atoms with Gasteiger partial charge in [0.15, 0.2) is 5.78 Å². The smallest absolute Gasteiger partial charge is 0.182 e. The number of aryl methyl sites for hydroxylation is 1. The van der Waals surface area contributed by atoms with Crippen molar-refractivity contribution in [1.82, 2.24) is 9.78 Å². The van der Waals surface area contributed by atoms with Crippen LogP contribution in [0, 0.1) is 17.8 Å². The predicted molar refractivity (Wildman–Crippen MR) is 78.1 cm³/mol. The maximum absolute atomic E-state index is 12.6. The van der Waals surface area contributed by atoms with Gasteiger partial charge < -0.3 is 0 Å². The Labute approximate surface area is 122 Å². The van der Waals surface area contributed by atoms with E-state index in [2.05, 4.69) is 28.0 Å². The Hall–Kier alpha value is -0.640. The van der Waals surface area contributed by atoms with E-state index in [9.17, 15) is 4.79 Å². The summed E-state index contributed by atoms with van der Waals surface area (Å²) < 4.78 is 2.72. The van der Waals surface area contributed by atoms with Crippen LogP contribution in [0.4, 0.5) is 0 Å². The number of halogens is 1. The zero-order chi connectivity index (χ0) is 13.4. The second-order valence-electron chi connectivity index (χ2n) is 6.13. The van der Waals surface area contributed by atoms with Gasteiger partial charge >= 0.3 is 0 Å². The van der Waals surface area contributed by atoms with E-state index in [1.54, 1.807) is 6.20 Å². The number of rotatable bonds is 5. The van der Waals surface area contributed by atoms with Crippen LogP contribution >= 0.6 is 15.9 Å². The number of ketones is 1. The van der Waals surface area contributed by atoms with Crippen molar-refractivity contribution in [3.8, 4) is 0 Å². The van der Waals surface area contributed by atoms with Gasteiger partial charge in [0.05, 0.1) is 10.7 Å². The molecule has 1 aromatic rings. The van der Waals surface area contributed by atoms with Gasteiger partial charge in [-0.15, -0.1) is 0 Å². The normalized spacial score (nSPS) is 29.1. The molecular formula is C15H21BrN2O. The Balaban J connectivity index is 1.72. The molecule has 2 saturated carbocycles. The van der Waals surface area contributed by atoms with Crippen LogP contribution in [-0.4, -0.2) is 15.6 Å². The standard InChI is InChI=1S/C15H21BrN2O/c1-2-5-18-15(13(16)9-17-18)14(19)8-12-7-10-3-4-11(12)6-10/h9-12H,2-8H2,1H3. The Bertz CT molecular complexity index is 482. The lowest BCUT2D eigenvalue weighted by Gasteiger charge is -2.20. The van der Waals surface area contributed by atoms with Gasteiger partial charge in [-0.25, -0.2) is 0 Å². The first-order valence-corrected chi connectivity index (χ1v) is 8.22. The number of carbonyl (C=O) groups is 1. The molecule has 0 aliphatic heterocycles. The lowest BCUT2D eigenvalue weighted by atomic mass is 9.85. The second kappa shape index (κ2) is 5.39. The highest BCUT2D eigenvalue weighted by Crippen LogP contribution is 2.49. The number of carbonyl (C=O) groups excluding carboxylic acids is 1. The van der Waals surface area contributed by atoms with Gasteiger partial charge in [-0.2, -0.15) is 5.10 Å². The van der Waals surface area contributed by atoms with Crippen LogP contribution in [-0.2, 0) is 6.54 Å². The third-order valence-corrected chi connectivity index (χ3v) is 5.41. The number of aromatic nitrogens is 2. The summed E-state index contributed by atoms with van der Waals surface area (Å²) in [5, 5.41) is 4.30. The van der Waals surface area contributed by atoms with E-state index in [0.29, 0.717) is 5.92 Å². The van der Waals surface area contributed by atoms with Crippen LogP contribution in [0.2, 0.25) is 0 Å². The van der Waals surface area contributed by atoms with Gasteiger partial charge in [0.25, 0.3) is 0 Å². The molecule has 0 aromatic carbocycles. The molecule has 1 aromatic heterocycles. The van der Waals surface area contributed by atoms with Gasteiger partial charge in [0, 0.05) is 13.0 Å². The van der Waals surface area contributed by atoms with E-state index in [1.165, 1.54) is 25.7 Å². The summed E-state index contributed by atoms with van der Waals surface area (Å²) in [4.78, 5) is 12.6. The SMILES string of the molecule is CCCn1ncc(Br)c1C(=O)CC1CC2CCC1C2. The monoisotopic (exact) mass is 324 g/mol. The molecule has 19 heavy (non-hydrogen) atoms. The number of hydrogen-bond acceptors (Lipinski definition) is 2. The molecular weight excluding hydrogens is 304 g/mol. The largest absolute Gasteiger partial charge is 0.292 e. The first-order valence-electron chi connectivity index (χ1n) is 7.43. The highest BCUT2D eigenvalue weighted by molar-refractivity contribution is 9.10. The minimum Gasteiger partial charge on any atom is -0.292 e. The molecule has 3 rings (SSSR count). The van der Waals surface area contributed by atoms with Gasteiger partial charge in [-0.05, 0) is 59.4 Å². The third-order valence-electron chi connectivity index (χ3n) is 4.83. The van der Waals surface area contributed by atoms with Gasteiger partial charge in [-0.1, -0.05) is 13.3 Å². The van der Waals surface area contributed by atoms with Crippen molar-refractivity contribution in [2.24, 2.45) is 17.8 Å². The fourth-order valence-corrected chi connectivity index (χ4v) is 4.50. The highest BCUT2D eigenvalue weighted by Gasteiger charge is 2.40. The fourth-order valence-electron chi connectivity index (χ4n) is 3.98. The maximum Gasteiger partial charge on any atom is 0.182 e. The van der Waals surface area contributed by atoms with Crippen LogP contribution in [0.25, 0.3) is 0 Å². The lowest BCUT2D eigenvalue weighted by molar-refractivity contribution is 0.0932. The molecule has 2 bridgehead atoms. The molecule has 0 radical (unpaired) electrons. The molecule has 3 unspecified atom stereocenters. The zero-order valence-electron chi connectivity index (χ0n) is 11.4. The van der Waals surface area contributed by atoms with E-state index in [-0.39, 0.29) is 5.78 Å². The maximum atomic E-state index is 12.6. The number of nitrogens with zero attached hydrogens (tertiary/aromatic N) is 2. The Kier molecular flexibility index (Phi) is 3.79. The Morgan fingerprint density at radius 2 is 2.32 bits per heavy atom. The van der Waals surface area contributed by atoms with Gasteiger partial charge in [-0.3, -0.25) is 9.48 Å². The molecule has 0 saturated heterocycles. The minimum atomic E-state index is 0.273. The second-order valence-corrected chi connectivity index (χ2v) is 6.98. The van der Waals surface area contributed by atoms with Crippen LogP contribution in [0.15, 0.2) is 10.7 Å². The summed E-state index contributed by atoms with van der Waals surface area (Å²) in [6.07, 6.45) is 8.86. The molecule has 104 valence electrons. The summed E-state index contributed by atoms with van der Waals surface area (Å²) in [6, 6.07) is 0. The van der Waals surface area contributed by atoms with Gasteiger partial charge in [0.2, 0.25) is 0 Å². The minimum absolute atomic E-state index is 0.273. The molecule has 0 amide bonds. The van der Waals surface area contributed by atoms with Gasteiger partial charge in [0.1, 0.15) is 5.69 Å². The first-order chi connectivity index (χ1) is 9.19. The van der Waals surface area contributed by atoms with Crippen molar-refractivity contribution in [2.45, 2.75) is 52.0 Å². The van der Waals surface area contributed by atoms with Crippen LogP contribution in [0.5, 0.6) is 0 Å². The summed E-state index contributed by atoms with van der Waals surface area (Å²) in [6.45, 7) is 2.93. The molecule has 2 aliphatic carbocycles. The number of hydrogen-bond donors (Lipinski definition) is 0. The topological polar surface area (TPSA) is 34.9 Å². The summed E-state index contributed by atoms with van der Waals surface area (Å²) >= 11 is 3.47. The molecule has 3 nitrogen and oxygen atoms in total. The van der Waals surface area contributed by atoms with Crippen molar-refractivity contribution >= 4 is 21.7 Å². The Morgan fingerprint density at radius 3 is 2.95 bits per heavy atom. The van der Waals surface area contributed by atoms with E-state index in [4.69, 9.17) is 0 Å². The van der Waals surface area contributed by atoms with Crippen molar-refractivity contribution in [3.05, 3.63) is 16.4 Å². The van der Waals surface area contributed by atoms with E-state index >= 15 is 0 Å². The zero-order valence-corrected chi connectivity index (χ0v) is 13.0. The van der Waals surface area contributed by atoms with E-state index in [1.807, 2.05) is 4.68 Å². The quantitative estimate of drug-likeness (QED) is 0.765. The molecule has 2 fully saturated rings. The Morgan fingerprint density at radius 1 is 1.47 bits per heavy atom.